The number of esters is 1. The number of benzene rings is 2. The minimum atomic E-state index is -1.28. The van der Waals surface area contributed by atoms with Gasteiger partial charge in [-0.2, -0.15) is 0 Å². The number of carboxylic acid groups (broad SMARTS) is 1. The Bertz CT molecular complexity index is 1260. The largest absolute Gasteiger partial charge is 0.480 e. The van der Waals surface area contributed by atoms with Crippen LogP contribution in [0.15, 0.2) is 36.7 Å². The van der Waals surface area contributed by atoms with E-state index < -0.39 is 24.4 Å². The lowest BCUT2D eigenvalue weighted by Gasteiger charge is -2.09. The molecule has 4 aromatic rings. The van der Waals surface area contributed by atoms with Crippen molar-refractivity contribution in [2.24, 2.45) is 5.73 Å². The van der Waals surface area contributed by atoms with Crippen LogP contribution in [0.1, 0.15) is 17.5 Å². The Balaban J connectivity index is 1.82. The third-order valence-electron chi connectivity index (χ3n) is 5.08. The Labute approximate surface area is 160 Å². The van der Waals surface area contributed by atoms with Gasteiger partial charge in [-0.15, -0.1) is 0 Å². The predicted molar refractivity (Wildman–Crippen MR) is 106 cm³/mol. The number of aromatic nitrogens is 2. The zero-order valence-corrected chi connectivity index (χ0v) is 15.4. The van der Waals surface area contributed by atoms with Gasteiger partial charge >= 0.3 is 11.9 Å². The highest BCUT2D eigenvalue weighted by Crippen LogP contribution is 2.37. The number of nitrogens with zero attached hydrogens (tertiary/aromatic N) is 1. The Hall–Kier alpha value is -3.45. The van der Waals surface area contributed by atoms with Crippen LogP contribution in [-0.2, 0) is 9.59 Å². The van der Waals surface area contributed by atoms with Crippen molar-refractivity contribution in [3.8, 4) is 5.75 Å². The van der Waals surface area contributed by atoms with E-state index in [0.29, 0.717) is 5.75 Å². The van der Waals surface area contributed by atoms with Crippen molar-refractivity contribution in [2.45, 2.75) is 26.3 Å². The van der Waals surface area contributed by atoms with Gasteiger partial charge < -0.3 is 20.6 Å². The monoisotopic (exact) mass is 377 g/mol. The molecule has 4 rings (SSSR count). The summed E-state index contributed by atoms with van der Waals surface area (Å²) in [5.74, 6) is -1.58. The van der Waals surface area contributed by atoms with E-state index >= 15 is 0 Å². The van der Waals surface area contributed by atoms with Gasteiger partial charge in [0.15, 0.2) is 0 Å². The van der Waals surface area contributed by atoms with Crippen LogP contribution in [0.3, 0.4) is 0 Å². The molecule has 2 aromatic carbocycles. The maximum absolute atomic E-state index is 12.0. The molecule has 0 aliphatic carbocycles. The summed E-state index contributed by atoms with van der Waals surface area (Å²) in [6.07, 6.45) is 3.24. The highest BCUT2D eigenvalue weighted by Gasteiger charge is 2.19. The number of ether oxygens (including phenoxy) is 1. The minimum absolute atomic E-state index is 0.347. The van der Waals surface area contributed by atoms with Gasteiger partial charge in [-0.3, -0.25) is 14.6 Å². The number of pyridine rings is 1. The predicted octanol–water partition coefficient (Wildman–Crippen LogP) is 3.19. The molecule has 2 aromatic heterocycles. The van der Waals surface area contributed by atoms with Crippen molar-refractivity contribution in [1.82, 2.24) is 9.97 Å². The van der Waals surface area contributed by atoms with Crippen LogP contribution in [0.25, 0.3) is 32.6 Å². The third kappa shape index (κ3) is 2.86. The summed E-state index contributed by atoms with van der Waals surface area (Å²) >= 11 is 0. The molecule has 0 aliphatic heterocycles. The molecule has 0 unspecified atom stereocenters. The molecule has 7 nitrogen and oxygen atoms in total. The average Bonchev–Trinajstić information content (AvgIpc) is 3.05. The van der Waals surface area contributed by atoms with Gasteiger partial charge in [0, 0.05) is 34.1 Å². The van der Waals surface area contributed by atoms with Crippen LogP contribution in [0.5, 0.6) is 5.75 Å². The standard InChI is InChI=1S/C21H19N3O4/c1-10-15-9-23-6-5-13(15)11(2)20-19(10)14-7-12(3-4-17(14)24-20)28-18(25)8-16(22)21(26)27/h3-7,9,16,24H,8,22H2,1-2H3,(H,26,27)/t16-/m0/s1. The summed E-state index contributed by atoms with van der Waals surface area (Å²) in [5, 5.41) is 13.0. The maximum Gasteiger partial charge on any atom is 0.321 e. The summed E-state index contributed by atoms with van der Waals surface area (Å²) in [5.41, 5.74) is 9.56. The zero-order chi connectivity index (χ0) is 20.0. The zero-order valence-electron chi connectivity index (χ0n) is 15.4. The van der Waals surface area contributed by atoms with Crippen LogP contribution in [0.4, 0.5) is 0 Å². The van der Waals surface area contributed by atoms with Crippen molar-refractivity contribution in [3.63, 3.8) is 0 Å². The summed E-state index contributed by atoms with van der Waals surface area (Å²) in [7, 11) is 0. The fraction of sp³-hybridized carbons (Fsp3) is 0.190. The Morgan fingerprint density at radius 3 is 2.71 bits per heavy atom. The molecule has 2 heterocycles. The summed E-state index contributed by atoms with van der Waals surface area (Å²) in [4.78, 5) is 30.5. The molecule has 7 heteroatoms. The molecule has 0 fully saturated rings. The van der Waals surface area contributed by atoms with Crippen molar-refractivity contribution >= 4 is 44.5 Å². The second kappa shape index (κ2) is 6.61. The lowest BCUT2D eigenvalue weighted by atomic mass is 9.97. The van der Waals surface area contributed by atoms with Crippen LogP contribution in [0, 0.1) is 13.8 Å². The SMILES string of the molecule is Cc1c2ccncc2c(C)c2c1[nH]c1ccc(OC(=O)C[C@H](N)C(=O)O)cc12. The Morgan fingerprint density at radius 2 is 1.96 bits per heavy atom. The Kier molecular flexibility index (Phi) is 4.24. The van der Waals surface area contributed by atoms with Gasteiger partial charge in [0.25, 0.3) is 0 Å². The molecular weight excluding hydrogens is 358 g/mol. The molecular formula is C21H19N3O4. The van der Waals surface area contributed by atoms with Crippen molar-refractivity contribution in [2.75, 3.05) is 0 Å². The second-order valence-corrected chi connectivity index (χ2v) is 6.88. The topological polar surface area (TPSA) is 118 Å². The lowest BCUT2D eigenvalue weighted by Crippen LogP contribution is -2.33. The fourth-order valence-corrected chi connectivity index (χ4v) is 3.63. The van der Waals surface area contributed by atoms with E-state index in [2.05, 4.69) is 16.9 Å². The average molecular weight is 377 g/mol. The van der Waals surface area contributed by atoms with E-state index in [4.69, 9.17) is 15.6 Å². The van der Waals surface area contributed by atoms with Gasteiger partial charge in [-0.05, 0) is 54.6 Å². The number of carbonyl (C=O) groups excluding carboxylic acids is 1. The van der Waals surface area contributed by atoms with Gasteiger partial charge in [-0.1, -0.05) is 0 Å². The molecule has 0 saturated heterocycles. The first-order valence-electron chi connectivity index (χ1n) is 8.84. The molecule has 0 bridgehead atoms. The number of rotatable bonds is 4. The highest BCUT2D eigenvalue weighted by atomic mass is 16.5. The van der Waals surface area contributed by atoms with Gasteiger partial charge in [0.05, 0.1) is 11.9 Å². The lowest BCUT2D eigenvalue weighted by molar-refractivity contribution is -0.143. The molecule has 0 spiro atoms. The number of fused-ring (bicyclic) bond motifs is 4. The molecule has 0 aliphatic rings. The van der Waals surface area contributed by atoms with Gasteiger partial charge in [0.2, 0.25) is 0 Å². The molecule has 0 amide bonds. The first kappa shape index (κ1) is 17.9. The number of hydrogen-bond acceptors (Lipinski definition) is 5. The van der Waals surface area contributed by atoms with Gasteiger partial charge in [-0.25, -0.2) is 0 Å². The minimum Gasteiger partial charge on any atom is -0.480 e. The summed E-state index contributed by atoms with van der Waals surface area (Å²) in [6, 6.07) is 6.02. The second-order valence-electron chi connectivity index (χ2n) is 6.88. The molecule has 0 saturated carbocycles. The van der Waals surface area contributed by atoms with Crippen LogP contribution in [0.2, 0.25) is 0 Å². The highest BCUT2D eigenvalue weighted by molar-refractivity contribution is 6.16. The van der Waals surface area contributed by atoms with E-state index in [1.165, 1.54) is 0 Å². The quantitative estimate of drug-likeness (QED) is 0.371. The first-order valence-corrected chi connectivity index (χ1v) is 8.84. The number of carboxylic acids is 1. The van der Waals surface area contributed by atoms with E-state index in [1.807, 2.05) is 25.3 Å². The first-order chi connectivity index (χ1) is 13.4. The normalized spacial score (nSPS) is 12.5. The molecule has 28 heavy (non-hydrogen) atoms. The Morgan fingerprint density at radius 1 is 1.18 bits per heavy atom. The molecule has 1 atom stereocenters. The summed E-state index contributed by atoms with van der Waals surface area (Å²) in [6.45, 7) is 4.11. The van der Waals surface area contributed by atoms with Crippen LogP contribution < -0.4 is 10.5 Å². The van der Waals surface area contributed by atoms with E-state index in [1.54, 1.807) is 18.3 Å². The van der Waals surface area contributed by atoms with E-state index in [-0.39, 0.29) is 0 Å². The number of aromatic amines is 1. The summed E-state index contributed by atoms with van der Waals surface area (Å²) < 4.78 is 5.31. The number of nitrogens with two attached hydrogens (primary N) is 1. The fourth-order valence-electron chi connectivity index (χ4n) is 3.63. The number of H-pyrrole nitrogens is 1. The van der Waals surface area contributed by atoms with Crippen molar-refractivity contribution in [1.29, 1.82) is 0 Å². The van der Waals surface area contributed by atoms with Crippen molar-refractivity contribution < 1.29 is 19.4 Å². The van der Waals surface area contributed by atoms with E-state index in [0.717, 1.165) is 43.7 Å². The van der Waals surface area contributed by atoms with Crippen LogP contribution in [-0.4, -0.2) is 33.1 Å². The van der Waals surface area contributed by atoms with Crippen molar-refractivity contribution in [3.05, 3.63) is 47.8 Å². The maximum atomic E-state index is 12.0. The van der Waals surface area contributed by atoms with Gasteiger partial charge in [0.1, 0.15) is 11.8 Å². The molecule has 0 radical (unpaired) electrons. The number of aryl methyl sites for hydroxylation is 2. The number of hydrogen-bond donors (Lipinski definition) is 3. The van der Waals surface area contributed by atoms with Crippen LogP contribution >= 0.6 is 0 Å². The number of carbonyl (C=O) groups is 2. The third-order valence-corrected chi connectivity index (χ3v) is 5.08. The molecule has 4 N–H and O–H groups in total. The number of aliphatic carboxylic acids is 1. The molecule has 142 valence electrons. The van der Waals surface area contributed by atoms with E-state index in [9.17, 15) is 9.59 Å². The number of nitrogens with one attached hydrogen (secondary N) is 1. The smallest absolute Gasteiger partial charge is 0.321 e.